The molecule has 0 saturated heterocycles. The van der Waals surface area contributed by atoms with E-state index in [-0.39, 0.29) is 5.91 Å². The summed E-state index contributed by atoms with van der Waals surface area (Å²) < 4.78 is 4.80. The fourth-order valence-corrected chi connectivity index (χ4v) is 1.35. The maximum absolute atomic E-state index is 11.7. The summed E-state index contributed by atoms with van der Waals surface area (Å²) >= 11 is 0. The van der Waals surface area contributed by atoms with Gasteiger partial charge in [0.1, 0.15) is 12.1 Å². The second-order valence-corrected chi connectivity index (χ2v) is 3.59. The predicted molar refractivity (Wildman–Crippen MR) is 67.6 cm³/mol. The van der Waals surface area contributed by atoms with Gasteiger partial charge in [0.2, 0.25) is 0 Å². The molecular formula is C13H10N2O4. The summed E-state index contributed by atoms with van der Waals surface area (Å²) in [4.78, 5) is 26.2. The van der Waals surface area contributed by atoms with Crippen LogP contribution in [0.15, 0.2) is 47.3 Å². The van der Waals surface area contributed by atoms with Gasteiger partial charge < -0.3 is 14.8 Å². The average molecular weight is 258 g/mol. The summed E-state index contributed by atoms with van der Waals surface area (Å²) in [6.45, 7) is 0. The first kappa shape index (κ1) is 12.6. The third-order valence-corrected chi connectivity index (χ3v) is 2.19. The maximum atomic E-state index is 11.7. The molecule has 0 bridgehead atoms. The average Bonchev–Trinajstić information content (AvgIpc) is 2.91. The van der Waals surface area contributed by atoms with E-state index in [0.29, 0.717) is 17.1 Å². The highest BCUT2D eigenvalue weighted by Crippen LogP contribution is 2.09. The topological polar surface area (TPSA) is 92.4 Å². The van der Waals surface area contributed by atoms with Crippen molar-refractivity contribution in [3.8, 4) is 0 Å². The summed E-state index contributed by atoms with van der Waals surface area (Å²) in [5.74, 6) is -1.08. The quantitative estimate of drug-likeness (QED) is 0.818. The number of carboxylic acid groups (broad SMARTS) is 1. The molecule has 0 radical (unpaired) electrons. The normalized spacial score (nSPS) is 10.5. The Hall–Kier alpha value is -2.89. The van der Waals surface area contributed by atoms with E-state index in [2.05, 4.69) is 10.3 Å². The Morgan fingerprint density at radius 3 is 2.84 bits per heavy atom. The summed E-state index contributed by atoms with van der Waals surface area (Å²) in [6.07, 6.45) is 5.04. The summed E-state index contributed by atoms with van der Waals surface area (Å²) in [5, 5.41) is 11.1. The number of nitrogens with zero attached hydrogens (tertiary/aromatic N) is 1. The summed E-state index contributed by atoms with van der Waals surface area (Å²) in [6, 6.07) is 6.44. The van der Waals surface area contributed by atoms with Gasteiger partial charge in [-0.15, -0.1) is 0 Å². The zero-order chi connectivity index (χ0) is 13.7. The van der Waals surface area contributed by atoms with Crippen LogP contribution in [-0.4, -0.2) is 22.0 Å². The van der Waals surface area contributed by atoms with E-state index in [0.717, 1.165) is 6.08 Å². The van der Waals surface area contributed by atoms with Gasteiger partial charge in [-0.1, -0.05) is 6.07 Å². The van der Waals surface area contributed by atoms with Gasteiger partial charge in [-0.25, -0.2) is 9.78 Å². The molecule has 19 heavy (non-hydrogen) atoms. The van der Waals surface area contributed by atoms with Crippen LogP contribution in [-0.2, 0) is 4.79 Å². The number of carboxylic acids is 1. The van der Waals surface area contributed by atoms with E-state index in [1.54, 1.807) is 18.2 Å². The third kappa shape index (κ3) is 3.53. The van der Waals surface area contributed by atoms with Gasteiger partial charge in [-0.3, -0.25) is 4.79 Å². The number of furan rings is 1. The number of amides is 1. The van der Waals surface area contributed by atoms with Gasteiger partial charge in [0.25, 0.3) is 5.91 Å². The molecule has 2 heterocycles. The highest BCUT2D eigenvalue weighted by molar-refractivity contribution is 6.03. The van der Waals surface area contributed by atoms with Crippen molar-refractivity contribution in [2.75, 3.05) is 5.32 Å². The van der Waals surface area contributed by atoms with Crippen molar-refractivity contribution in [2.45, 2.75) is 0 Å². The van der Waals surface area contributed by atoms with Crippen LogP contribution in [0, 0.1) is 0 Å². The van der Waals surface area contributed by atoms with Gasteiger partial charge in [0.05, 0.1) is 17.5 Å². The molecule has 0 unspecified atom stereocenters. The fraction of sp³-hybridized carbons (Fsp3) is 0. The van der Waals surface area contributed by atoms with Crippen molar-refractivity contribution in [1.29, 1.82) is 0 Å². The molecule has 0 aliphatic carbocycles. The first-order chi connectivity index (χ1) is 9.15. The number of anilines is 1. The molecule has 0 saturated carbocycles. The minimum absolute atomic E-state index is 0.332. The smallest absolute Gasteiger partial charge is 0.328 e. The Bertz CT molecular complexity index is 617. The molecule has 0 aromatic carbocycles. The lowest BCUT2D eigenvalue weighted by Gasteiger charge is -2.03. The Labute approximate surface area is 108 Å². The van der Waals surface area contributed by atoms with Crippen LogP contribution in [0.3, 0.4) is 0 Å². The van der Waals surface area contributed by atoms with Crippen molar-refractivity contribution in [3.05, 3.63) is 54.1 Å². The molecule has 0 fully saturated rings. The molecule has 2 rings (SSSR count). The number of pyridine rings is 1. The van der Waals surface area contributed by atoms with E-state index in [1.165, 1.54) is 24.7 Å². The molecular weight excluding hydrogens is 248 g/mol. The number of hydrogen-bond acceptors (Lipinski definition) is 4. The number of rotatable bonds is 4. The minimum Gasteiger partial charge on any atom is -0.478 e. The van der Waals surface area contributed by atoms with Crippen molar-refractivity contribution < 1.29 is 19.1 Å². The molecule has 6 heteroatoms. The van der Waals surface area contributed by atoms with Crippen LogP contribution in [0.5, 0.6) is 0 Å². The van der Waals surface area contributed by atoms with Crippen molar-refractivity contribution in [3.63, 3.8) is 0 Å². The number of carbonyl (C=O) groups is 2. The minimum atomic E-state index is -1.06. The zero-order valence-electron chi connectivity index (χ0n) is 9.74. The fourth-order valence-electron chi connectivity index (χ4n) is 1.35. The van der Waals surface area contributed by atoms with E-state index < -0.39 is 5.97 Å². The van der Waals surface area contributed by atoms with Gasteiger partial charge in [-0.2, -0.15) is 0 Å². The van der Waals surface area contributed by atoms with Crippen molar-refractivity contribution in [1.82, 2.24) is 4.98 Å². The standard InChI is InChI=1S/C13H10N2O4/c16-12(17)5-4-10-2-1-3-11(14-10)15-13(18)9-6-7-19-8-9/h1-8H,(H,16,17)(H,14,15,18)/b5-4+. The van der Waals surface area contributed by atoms with Gasteiger partial charge in [0, 0.05) is 6.08 Å². The van der Waals surface area contributed by atoms with Crippen LogP contribution in [0.4, 0.5) is 5.82 Å². The van der Waals surface area contributed by atoms with Crippen LogP contribution in [0.2, 0.25) is 0 Å². The molecule has 2 N–H and O–H groups in total. The second-order valence-electron chi connectivity index (χ2n) is 3.59. The van der Waals surface area contributed by atoms with Crippen LogP contribution in [0.25, 0.3) is 6.08 Å². The SMILES string of the molecule is O=C(O)/C=C/c1cccc(NC(=O)c2ccoc2)n1. The number of nitrogens with one attached hydrogen (secondary N) is 1. The van der Waals surface area contributed by atoms with E-state index >= 15 is 0 Å². The number of aliphatic carboxylic acids is 1. The molecule has 0 spiro atoms. The highest BCUT2D eigenvalue weighted by Gasteiger charge is 2.07. The molecule has 0 aliphatic rings. The Kier molecular flexibility index (Phi) is 3.72. The molecule has 1 amide bonds. The van der Waals surface area contributed by atoms with E-state index in [4.69, 9.17) is 9.52 Å². The number of aromatic nitrogens is 1. The Morgan fingerprint density at radius 2 is 2.16 bits per heavy atom. The second kappa shape index (κ2) is 5.63. The van der Waals surface area contributed by atoms with Gasteiger partial charge in [0.15, 0.2) is 0 Å². The van der Waals surface area contributed by atoms with Crippen LogP contribution >= 0.6 is 0 Å². The lowest BCUT2D eigenvalue weighted by molar-refractivity contribution is -0.131. The highest BCUT2D eigenvalue weighted by atomic mass is 16.4. The number of carbonyl (C=O) groups excluding carboxylic acids is 1. The van der Waals surface area contributed by atoms with Crippen molar-refractivity contribution >= 4 is 23.8 Å². The lowest BCUT2D eigenvalue weighted by Crippen LogP contribution is -2.12. The van der Waals surface area contributed by atoms with Gasteiger partial charge >= 0.3 is 5.97 Å². The molecule has 96 valence electrons. The van der Waals surface area contributed by atoms with Crippen LogP contribution < -0.4 is 5.32 Å². The summed E-state index contributed by atoms with van der Waals surface area (Å²) in [7, 11) is 0. The largest absolute Gasteiger partial charge is 0.478 e. The third-order valence-electron chi connectivity index (χ3n) is 2.19. The van der Waals surface area contributed by atoms with E-state index in [1.807, 2.05) is 0 Å². The Balaban J connectivity index is 2.11. The Morgan fingerprint density at radius 1 is 1.32 bits per heavy atom. The molecule has 0 atom stereocenters. The molecule has 0 aliphatic heterocycles. The monoisotopic (exact) mass is 258 g/mol. The molecule has 2 aromatic heterocycles. The molecule has 6 nitrogen and oxygen atoms in total. The number of hydrogen-bond donors (Lipinski definition) is 2. The predicted octanol–water partition coefficient (Wildman–Crippen LogP) is 2.02. The molecule has 2 aromatic rings. The zero-order valence-corrected chi connectivity index (χ0v) is 9.74. The van der Waals surface area contributed by atoms with Crippen molar-refractivity contribution in [2.24, 2.45) is 0 Å². The van der Waals surface area contributed by atoms with Crippen LogP contribution in [0.1, 0.15) is 16.1 Å². The lowest BCUT2D eigenvalue weighted by atomic mass is 10.3. The maximum Gasteiger partial charge on any atom is 0.328 e. The first-order valence-electron chi connectivity index (χ1n) is 5.37. The van der Waals surface area contributed by atoms with Gasteiger partial charge in [-0.05, 0) is 24.3 Å². The van der Waals surface area contributed by atoms with E-state index in [9.17, 15) is 9.59 Å². The summed E-state index contributed by atoms with van der Waals surface area (Å²) in [5.41, 5.74) is 0.820. The first-order valence-corrected chi connectivity index (χ1v) is 5.37.